The second-order valence-electron chi connectivity index (χ2n) is 6.22. The van der Waals surface area contributed by atoms with E-state index in [4.69, 9.17) is 4.74 Å². The fourth-order valence-electron chi connectivity index (χ4n) is 2.53. The van der Waals surface area contributed by atoms with Gasteiger partial charge in [0.15, 0.2) is 0 Å². The molecule has 0 spiro atoms. The normalized spacial score (nSPS) is 22.0. The van der Waals surface area contributed by atoms with E-state index in [2.05, 4.69) is 31.4 Å². The van der Waals surface area contributed by atoms with Crippen LogP contribution in [-0.2, 0) is 9.53 Å². The van der Waals surface area contributed by atoms with Gasteiger partial charge >= 0.3 is 0 Å². The highest BCUT2D eigenvalue weighted by molar-refractivity contribution is 7.81. The second-order valence-corrected chi connectivity index (χ2v) is 7.00. The molecule has 1 saturated heterocycles. The van der Waals surface area contributed by atoms with E-state index in [1.807, 2.05) is 14.0 Å². The first kappa shape index (κ1) is 17.8. The van der Waals surface area contributed by atoms with Crippen LogP contribution in [-0.4, -0.2) is 66.9 Å². The van der Waals surface area contributed by atoms with Gasteiger partial charge in [0.2, 0.25) is 5.91 Å². The van der Waals surface area contributed by atoms with Crippen molar-refractivity contribution in [1.82, 2.24) is 9.80 Å². The van der Waals surface area contributed by atoms with Crippen molar-refractivity contribution in [3.63, 3.8) is 0 Å². The highest BCUT2D eigenvalue weighted by atomic mass is 32.1. The summed E-state index contributed by atoms with van der Waals surface area (Å²) >= 11 is 4.19. The van der Waals surface area contributed by atoms with Crippen LogP contribution in [0.4, 0.5) is 0 Å². The Morgan fingerprint density at radius 1 is 1.45 bits per heavy atom. The Morgan fingerprint density at radius 2 is 2.15 bits per heavy atom. The average Bonchev–Trinajstić information content (AvgIpc) is 2.37. The molecule has 0 N–H and O–H groups in total. The second kappa shape index (κ2) is 8.90. The number of thiol groups is 1. The number of ether oxygens (including phenoxy) is 1. The number of nitrogens with zero attached hydrogens (tertiary/aromatic N) is 2. The Labute approximate surface area is 129 Å². The minimum absolute atomic E-state index is 0.0638. The molecule has 0 aliphatic carbocycles. The molecule has 1 aliphatic heterocycles. The summed E-state index contributed by atoms with van der Waals surface area (Å²) in [6.07, 6.45) is 2.65. The Hall–Kier alpha value is -0.260. The number of carbonyl (C=O) groups is 1. The van der Waals surface area contributed by atoms with Crippen LogP contribution in [0.25, 0.3) is 0 Å². The van der Waals surface area contributed by atoms with Crippen molar-refractivity contribution < 1.29 is 9.53 Å². The van der Waals surface area contributed by atoms with Gasteiger partial charge in [0.25, 0.3) is 0 Å². The number of morpholine rings is 1. The number of rotatable bonds is 7. The molecule has 0 bridgehead atoms. The summed E-state index contributed by atoms with van der Waals surface area (Å²) in [7, 11) is 1.83. The monoisotopic (exact) mass is 302 g/mol. The van der Waals surface area contributed by atoms with E-state index in [0.717, 1.165) is 32.2 Å². The molecule has 5 heteroatoms. The maximum Gasteiger partial charge on any atom is 0.234 e. The molecule has 20 heavy (non-hydrogen) atoms. The Bertz CT molecular complexity index is 298. The van der Waals surface area contributed by atoms with Gasteiger partial charge in [-0.15, -0.1) is 0 Å². The predicted octanol–water partition coefficient (Wildman–Crippen LogP) is 1.90. The van der Waals surface area contributed by atoms with E-state index < -0.39 is 0 Å². The maximum absolute atomic E-state index is 11.8. The van der Waals surface area contributed by atoms with Crippen molar-refractivity contribution in [1.29, 1.82) is 0 Å². The maximum atomic E-state index is 11.8. The van der Waals surface area contributed by atoms with Crippen molar-refractivity contribution >= 4 is 18.5 Å². The zero-order valence-corrected chi connectivity index (χ0v) is 14.2. The van der Waals surface area contributed by atoms with Crippen LogP contribution < -0.4 is 0 Å². The molecule has 0 aromatic heterocycles. The lowest BCUT2D eigenvalue weighted by atomic mass is 10.1. The Balaban J connectivity index is 2.31. The minimum Gasteiger partial charge on any atom is -0.374 e. The minimum atomic E-state index is -0.245. The molecule has 1 unspecified atom stereocenters. The van der Waals surface area contributed by atoms with Gasteiger partial charge in [-0.1, -0.05) is 13.8 Å². The van der Waals surface area contributed by atoms with Gasteiger partial charge in [0, 0.05) is 26.7 Å². The quantitative estimate of drug-likeness (QED) is 0.729. The first-order valence-electron chi connectivity index (χ1n) is 7.67. The molecule has 0 saturated carbocycles. The fraction of sp³-hybridized carbons (Fsp3) is 0.933. The molecule has 0 aromatic carbocycles. The van der Waals surface area contributed by atoms with Crippen molar-refractivity contribution in [2.45, 2.75) is 45.0 Å². The van der Waals surface area contributed by atoms with Gasteiger partial charge in [0.05, 0.1) is 18.0 Å². The van der Waals surface area contributed by atoms with Crippen LogP contribution in [0.5, 0.6) is 0 Å². The highest BCUT2D eigenvalue weighted by Gasteiger charge is 2.24. The van der Waals surface area contributed by atoms with E-state index in [1.54, 1.807) is 4.90 Å². The van der Waals surface area contributed by atoms with E-state index in [-0.39, 0.29) is 17.3 Å². The summed E-state index contributed by atoms with van der Waals surface area (Å²) in [6, 6.07) is 0. The lowest BCUT2D eigenvalue weighted by Crippen LogP contribution is -2.48. The summed E-state index contributed by atoms with van der Waals surface area (Å²) in [4.78, 5) is 16.0. The van der Waals surface area contributed by atoms with Crippen molar-refractivity contribution in [2.24, 2.45) is 5.92 Å². The van der Waals surface area contributed by atoms with E-state index in [1.165, 1.54) is 12.8 Å². The molecule has 1 heterocycles. The average molecular weight is 302 g/mol. The third-order valence-corrected chi connectivity index (χ3v) is 3.91. The van der Waals surface area contributed by atoms with Crippen LogP contribution in [0.2, 0.25) is 0 Å². The first-order chi connectivity index (χ1) is 9.40. The zero-order chi connectivity index (χ0) is 15.1. The van der Waals surface area contributed by atoms with Crippen LogP contribution in [0.3, 0.4) is 0 Å². The van der Waals surface area contributed by atoms with Crippen LogP contribution >= 0.6 is 12.6 Å². The number of hydrogen-bond acceptors (Lipinski definition) is 4. The largest absolute Gasteiger partial charge is 0.374 e. The van der Waals surface area contributed by atoms with Gasteiger partial charge in [0.1, 0.15) is 0 Å². The molecule has 0 aromatic rings. The topological polar surface area (TPSA) is 32.8 Å². The van der Waals surface area contributed by atoms with Gasteiger partial charge in [-0.2, -0.15) is 12.6 Å². The van der Waals surface area contributed by atoms with E-state index in [0.29, 0.717) is 6.54 Å². The van der Waals surface area contributed by atoms with Crippen LogP contribution in [0.1, 0.15) is 33.6 Å². The lowest BCUT2D eigenvalue weighted by Gasteiger charge is -2.35. The fourth-order valence-corrected chi connectivity index (χ4v) is 2.73. The summed E-state index contributed by atoms with van der Waals surface area (Å²) in [5.41, 5.74) is 0. The van der Waals surface area contributed by atoms with Crippen molar-refractivity contribution in [3.05, 3.63) is 0 Å². The molecule has 2 atom stereocenters. The van der Waals surface area contributed by atoms with Crippen molar-refractivity contribution in [2.75, 3.05) is 39.8 Å². The summed E-state index contributed by atoms with van der Waals surface area (Å²) < 4.78 is 5.78. The molecular weight excluding hydrogens is 272 g/mol. The Kier molecular flexibility index (Phi) is 7.92. The molecule has 4 nitrogen and oxygen atoms in total. The zero-order valence-electron chi connectivity index (χ0n) is 13.3. The summed E-state index contributed by atoms with van der Waals surface area (Å²) in [5.74, 6) is 0.835. The highest BCUT2D eigenvalue weighted by Crippen LogP contribution is 2.11. The smallest absolute Gasteiger partial charge is 0.234 e. The third-order valence-electron chi connectivity index (χ3n) is 3.69. The number of hydrogen-bond donors (Lipinski definition) is 1. The number of amides is 1. The van der Waals surface area contributed by atoms with Crippen LogP contribution in [0, 0.1) is 5.92 Å². The van der Waals surface area contributed by atoms with Gasteiger partial charge in [-0.05, 0) is 32.2 Å². The molecular formula is C15H30N2O2S. The Morgan fingerprint density at radius 3 is 2.75 bits per heavy atom. The molecule has 1 aliphatic rings. The molecule has 1 amide bonds. The summed E-state index contributed by atoms with van der Waals surface area (Å²) in [6.45, 7) is 10.8. The summed E-state index contributed by atoms with van der Waals surface area (Å²) in [5, 5.41) is -0.245. The van der Waals surface area contributed by atoms with Gasteiger partial charge in [-0.25, -0.2) is 0 Å². The predicted molar refractivity (Wildman–Crippen MR) is 86.3 cm³/mol. The molecule has 1 fully saturated rings. The van der Waals surface area contributed by atoms with Crippen molar-refractivity contribution in [3.8, 4) is 0 Å². The molecule has 118 valence electrons. The van der Waals surface area contributed by atoms with Gasteiger partial charge < -0.3 is 9.64 Å². The van der Waals surface area contributed by atoms with Gasteiger partial charge in [-0.3, -0.25) is 9.69 Å². The van der Waals surface area contributed by atoms with E-state index in [9.17, 15) is 4.79 Å². The number of carbonyl (C=O) groups excluding carboxylic acids is 1. The number of likely N-dealkylation sites (N-methyl/N-ethyl adjacent to an activating group) is 1. The third kappa shape index (κ3) is 6.46. The first-order valence-corrected chi connectivity index (χ1v) is 8.18. The molecule has 1 rings (SSSR count). The molecule has 0 radical (unpaired) electrons. The van der Waals surface area contributed by atoms with Crippen LogP contribution in [0.15, 0.2) is 0 Å². The standard InChI is InChI=1S/C15H30N2O2S/c1-12(2)6-5-7-17-8-9-19-14(11-17)10-16(4)15(18)13(3)20/h12-14,20H,5-11H2,1-4H3/t13?,14-/m0/s1. The van der Waals surface area contributed by atoms with E-state index >= 15 is 0 Å². The SMILES string of the molecule is CC(C)CCCN1CCO[C@@H](CN(C)C(=O)C(C)S)C1. The lowest BCUT2D eigenvalue weighted by molar-refractivity contribution is -0.132.